The van der Waals surface area contributed by atoms with E-state index in [9.17, 15) is 8.42 Å². The van der Waals surface area contributed by atoms with Gasteiger partial charge in [-0.2, -0.15) is 0 Å². The first kappa shape index (κ1) is 14.6. The lowest BCUT2D eigenvalue weighted by Crippen LogP contribution is -2.08. The van der Waals surface area contributed by atoms with Crippen LogP contribution in [0.3, 0.4) is 0 Å². The third kappa shape index (κ3) is 4.06. The number of thiophene rings is 1. The number of hydrogen-bond donors (Lipinski definition) is 0. The molecular weight excluding hydrogens is 300 g/mol. The Morgan fingerprint density at radius 2 is 1.84 bits per heavy atom. The normalized spacial score (nSPS) is 11.7. The Morgan fingerprint density at radius 1 is 1.11 bits per heavy atom. The molecule has 0 N–H and O–H groups in total. The molecule has 0 spiro atoms. The molecule has 2 rings (SSSR count). The standard InChI is InChI=1S/C14H15ClO2S2/c1-10-3-4-11(2)12(7-10)8-19(16,17)9-13-5-6-14(15)18-13/h3-7H,8-9H2,1-2H3. The summed E-state index contributed by atoms with van der Waals surface area (Å²) >= 11 is 7.14. The van der Waals surface area contributed by atoms with E-state index in [0.29, 0.717) is 4.34 Å². The molecule has 0 atom stereocenters. The van der Waals surface area contributed by atoms with E-state index in [-0.39, 0.29) is 11.5 Å². The molecule has 0 aliphatic heterocycles. The highest BCUT2D eigenvalue weighted by atomic mass is 35.5. The lowest BCUT2D eigenvalue weighted by atomic mass is 10.1. The van der Waals surface area contributed by atoms with Gasteiger partial charge in [-0.1, -0.05) is 35.4 Å². The summed E-state index contributed by atoms with van der Waals surface area (Å²) in [5.41, 5.74) is 2.97. The molecule has 0 radical (unpaired) electrons. The second kappa shape index (κ2) is 5.65. The minimum absolute atomic E-state index is 0.0533. The number of hydrogen-bond acceptors (Lipinski definition) is 3. The molecule has 2 nitrogen and oxygen atoms in total. The molecule has 0 bridgehead atoms. The van der Waals surface area contributed by atoms with Crippen LogP contribution in [0.2, 0.25) is 4.34 Å². The Hall–Kier alpha value is -0.840. The minimum atomic E-state index is -3.16. The van der Waals surface area contributed by atoms with E-state index in [1.54, 1.807) is 12.1 Å². The third-order valence-electron chi connectivity index (χ3n) is 2.87. The Kier molecular flexibility index (Phi) is 4.33. The monoisotopic (exact) mass is 314 g/mol. The molecule has 0 aliphatic rings. The summed E-state index contributed by atoms with van der Waals surface area (Å²) in [6.07, 6.45) is 0. The number of sulfone groups is 1. The first-order valence-corrected chi connectivity index (χ1v) is 8.88. The van der Waals surface area contributed by atoms with Crippen LogP contribution >= 0.6 is 22.9 Å². The number of benzene rings is 1. The first-order chi connectivity index (χ1) is 8.85. The quantitative estimate of drug-likeness (QED) is 0.850. The lowest BCUT2D eigenvalue weighted by Gasteiger charge is -2.07. The van der Waals surface area contributed by atoms with Gasteiger partial charge in [0.2, 0.25) is 0 Å². The zero-order valence-corrected chi connectivity index (χ0v) is 13.2. The van der Waals surface area contributed by atoms with Crippen molar-refractivity contribution in [3.05, 3.63) is 56.2 Å². The lowest BCUT2D eigenvalue weighted by molar-refractivity contribution is 0.594. The van der Waals surface area contributed by atoms with Crippen molar-refractivity contribution in [2.24, 2.45) is 0 Å². The van der Waals surface area contributed by atoms with Gasteiger partial charge < -0.3 is 0 Å². The average molecular weight is 315 g/mol. The highest BCUT2D eigenvalue weighted by Crippen LogP contribution is 2.24. The van der Waals surface area contributed by atoms with Crippen molar-refractivity contribution in [2.75, 3.05) is 0 Å². The van der Waals surface area contributed by atoms with Gasteiger partial charge in [-0.15, -0.1) is 11.3 Å². The molecule has 2 aromatic rings. The van der Waals surface area contributed by atoms with Crippen LogP contribution in [0.4, 0.5) is 0 Å². The van der Waals surface area contributed by atoms with Crippen LogP contribution in [0.15, 0.2) is 30.3 Å². The van der Waals surface area contributed by atoms with Gasteiger partial charge in [0.05, 0.1) is 15.8 Å². The van der Waals surface area contributed by atoms with Gasteiger partial charge in [0, 0.05) is 4.88 Å². The molecule has 0 saturated heterocycles. The third-order valence-corrected chi connectivity index (χ3v) is 5.79. The Morgan fingerprint density at radius 3 is 2.47 bits per heavy atom. The van der Waals surface area contributed by atoms with Crippen molar-refractivity contribution in [1.82, 2.24) is 0 Å². The predicted octanol–water partition coefficient (Wildman–Crippen LogP) is 4.13. The van der Waals surface area contributed by atoms with Crippen LogP contribution in [-0.4, -0.2) is 8.42 Å². The van der Waals surface area contributed by atoms with E-state index >= 15 is 0 Å². The maximum Gasteiger partial charge on any atom is 0.159 e. The maximum absolute atomic E-state index is 12.2. The second-order valence-corrected chi connectivity index (χ2v) is 8.53. The van der Waals surface area contributed by atoms with Crippen molar-refractivity contribution in [1.29, 1.82) is 0 Å². The van der Waals surface area contributed by atoms with Crippen molar-refractivity contribution < 1.29 is 8.42 Å². The van der Waals surface area contributed by atoms with Gasteiger partial charge >= 0.3 is 0 Å². The van der Waals surface area contributed by atoms with Crippen LogP contribution in [0, 0.1) is 13.8 Å². The molecule has 0 fully saturated rings. The Bertz CT molecular complexity index is 687. The van der Waals surface area contributed by atoms with E-state index in [0.717, 1.165) is 21.6 Å². The fourth-order valence-corrected chi connectivity index (χ4v) is 4.96. The van der Waals surface area contributed by atoms with Crippen molar-refractivity contribution in [3.8, 4) is 0 Å². The van der Waals surface area contributed by atoms with E-state index < -0.39 is 9.84 Å². The van der Waals surface area contributed by atoms with Crippen LogP contribution in [0.1, 0.15) is 21.6 Å². The zero-order valence-electron chi connectivity index (χ0n) is 10.8. The molecule has 1 aromatic carbocycles. The highest BCUT2D eigenvalue weighted by molar-refractivity contribution is 7.90. The number of halogens is 1. The van der Waals surface area contributed by atoms with E-state index in [1.807, 2.05) is 32.0 Å². The fourth-order valence-electron chi connectivity index (χ4n) is 1.89. The number of rotatable bonds is 4. The second-order valence-electron chi connectivity index (χ2n) is 4.67. The molecule has 19 heavy (non-hydrogen) atoms. The van der Waals surface area contributed by atoms with Gasteiger partial charge in [0.25, 0.3) is 0 Å². The van der Waals surface area contributed by atoms with Gasteiger partial charge in [-0.25, -0.2) is 8.42 Å². The molecule has 0 aliphatic carbocycles. The largest absolute Gasteiger partial charge is 0.228 e. The minimum Gasteiger partial charge on any atom is -0.228 e. The molecule has 5 heteroatoms. The first-order valence-electron chi connectivity index (χ1n) is 5.86. The van der Waals surface area contributed by atoms with E-state index in [1.165, 1.54) is 11.3 Å². The molecule has 0 unspecified atom stereocenters. The summed E-state index contributed by atoms with van der Waals surface area (Å²) < 4.78 is 25.0. The Balaban J connectivity index is 2.19. The van der Waals surface area contributed by atoms with Crippen molar-refractivity contribution >= 4 is 32.8 Å². The van der Waals surface area contributed by atoms with Crippen LogP contribution in [0.5, 0.6) is 0 Å². The molecule has 1 aromatic heterocycles. The summed E-state index contributed by atoms with van der Waals surface area (Å²) in [6.45, 7) is 3.90. The molecular formula is C14H15ClO2S2. The molecule has 0 amide bonds. The van der Waals surface area contributed by atoms with Crippen LogP contribution in [-0.2, 0) is 21.3 Å². The van der Waals surface area contributed by atoms with Gasteiger partial charge in [0.15, 0.2) is 9.84 Å². The molecule has 0 saturated carbocycles. The van der Waals surface area contributed by atoms with E-state index in [4.69, 9.17) is 11.6 Å². The Labute approximate surface area is 123 Å². The fraction of sp³-hybridized carbons (Fsp3) is 0.286. The van der Waals surface area contributed by atoms with Crippen molar-refractivity contribution in [2.45, 2.75) is 25.4 Å². The summed E-state index contributed by atoms with van der Waals surface area (Å²) in [5.74, 6) is 0.133. The summed E-state index contributed by atoms with van der Waals surface area (Å²) in [4.78, 5) is 0.787. The maximum atomic E-state index is 12.2. The van der Waals surface area contributed by atoms with Crippen molar-refractivity contribution in [3.63, 3.8) is 0 Å². The SMILES string of the molecule is Cc1ccc(C)c(CS(=O)(=O)Cc2ccc(Cl)s2)c1. The molecule has 102 valence electrons. The molecule has 1 heterocycles. The highest BCUT2D eigenvalue weighted by Gasteiger charge is 2.16. The topological polar surface area (TPSA) is 34.1 Å². The zero-order chi connectivity index (χ0) is 14.0. The predicted molar refractivity (Wildman–Crippen MR) is 81.6 cm³/mol. The van der Waals surface area contributed by atoms with Gasteiger partial charge in [-0.05, 0) is 37.1 Å². The summed E-state index contributed by atoms with van der Waals surface area (Å²) in [5, 5.41) is 0. The summed E-state index contributed by atoms with van der Waals surface area (Å²) in [7, 11) is -3.16. The van der Waals surface area contributed by atoms with Gasteiger partial charge in [-0.3, -0.25) is 0 Å². The number of aryl methyl sites for hydroxylation is 2. The summed E-state index contributed by atoms with van der Waals surface area (Å²) in [6, 6.07) is 9.39. The van der Waals surface area contributed by atoms with Crippen LogP contribution < -0.4 is 0 Å². The smallest absolute Gasteiger partial charge is 0.159 e. The van der Waals surface area contributed by atoms with Gasteiger partial charge in [0.1, 0.15) is 0 Å². The average Bonchev–Trinajstić information content (AvgIpc) is 2.68. The van der Waals surface area contributed by atoms with Crippen LogP contribution in [0.25, 0.3) is 0 Å². The van der Waals surface area contributed by atoms with E-state index in [2.05, 4.69) is 0 Å².